The maximum Gasteiger partial charge on any atom is 0.416 e. The van der Waals surface area contributed by atoms with E-state index in [0.717, 1.165) is 17.7 Å². The van der Waals surface area contributed by atoms with Gasteiger partial charge in [0, 0.05) is 29.3 Å². The van der Waals surface area contributed by atoms with Crippen molar-refractivity contribution in [3.63, 3.8) is 0 Å². The highest BCUT2D eigenvalue weighted by Crippen LogP contribution is 2.38. The van der Waals surface area contributed by atoms with Crippen molar-refractivity contribution in [3.8, 4) is 0 Å². The van der Waals surface area contributed by atoms with Crippen LogP contribution in [0.25, 0.3) is 6.08 Å². The summed E-state index contributed by atoms with van der Waals surface area (Å²) < 4.78 is 37.7. The van der Waals surface area contributed by atoms with Crippen molar-refractivity contribution in [1.29, 1.82) is 0 Å². The molecule has 0 saturated carbocycles. The zero-order valence-corrected chi connectivity index (χ0v) is 15.4. The van der Waals surface area contributed by atoms with Crippen LogP contribution < -0.4 is 10.6 Å². The van der Waals surface area contributed by atoms with Crippen LogP contribution in [0.5, 0.6) is 0 Å². The molecule has 0 spiro atoms. The molecule has 7 heteroatoms. The van der Waals surface area contributed by atoms with Crippen molar-refractivity contribution < 1.29 is 22.8 Å². The monoisotopic (exact) mass is 388 g/mol. The van der Waals surface area contributed by atoms with Gasteiger partial charge in [-0.25, -0.2) is 0 Å². The zero-order valence-electron chi connectivity index (χ0n) is 15.4. The molecule has 1 aliphatic rings. The van der Waals surface area contributed by atoms with Crippen molar-refractivity contribution in [2.75, 3.05) is 10.6 Å². The van der Waals surface area contributed by atoms with E-state index in [1.807, 2.05) is 19.9 Å². The van der Waals surface area contributed by atoms with Crippen LogP contribution in [0, 0.1) is 0 Å². The van der Waals surface area contributed by atoms with Gasteiger partial charge in [0.1, 0.15) is 0 Å². The number of carbonyl (C=O) groups is 2. The Balaban J connectivity index is 1.69. The summed E-state index contributed by atoms with van der Waals surface area (Å²) in [6.45, 7) is 3.96. The SMILES string of the molecule is CC1(C)CC(=O)Nc2cc(NC(=O)/C=C/c3ccc(C(F)(F)F)cc3)ccc21. The summed E-state index contributed by atoms with van der Waals surface area (Å²) in [4.78, 5) is 23.9. The van der Waals surface area contributed by atoms with Crippen LogP contribution in [0.3, 0.4) is 0 Å². The number of fused-ring (bicyclic) bond motifs is 1. The molecule has 1 aliphatic heterocycles. The van der Waals surface area contributed by atoms with Gasteiger partial charge in [0.05, 0.1) is 5.56 Å². The molecule has 0 aromatic heterocycles. The Bertz CT molecular complexity index is 945. The molecule has 0 fully saturated rings. The van der Waals surface area contributed by atoms with Gasteiger partial charge in [-0.05, 0) is 41.5 Å². The highest BCUT2D eigenvalue weighted by molar-refractivity contribution is 6.03. The first-order valence-corrected chi connectivity index (χ1v) is 8.65. The first-order chi connectivity index (χ1) is 13.0. The molecule has 0 bridgehead atoms. The third kappa shape index (κ3) is 4.42. The molecule has 0 saturated heterocycles. The van der Waals surface area contributed by atoms with Gasteiger partial charge in [0.25, 0.3) is 0 Å². The van der Waals surface area contributed by atoms with E-state index in [1.165, 1.54) is 24.3 Å². The highest BCUT2D eigenvalue weighted by atomic mass is 19.4. The van der Waals surface area contributed by atoms with Crippen LogP contribution in [0.4, 0.5) is 24.5 Å². The Morgan fingerprint density at radius 2 is 1.82 bits per heavy atom. The number of amides is 2. The number of hydrogen-bond donors (Lipinski definition) is 2. The lowest BCUT2D eigenvalue weighted by atomic mass is 9.78. The number of nitrogens with one attached hydrogen (secondary N) is 2. The number of halogens is 3. The Hall–Kier alpha value is -3.09. The fourth-order valence-corrected chi connectivity index (χ4v) is 3.15. The van der Waals surface area contributed by atoms with E-state index >= 15 is 0 Å². The second-order valence-corrected chi connectivity index (χ2v) is 7.31. The van der Waals surface area contributed by atoms with Crippen molar-refractivity contribution >= 4 is 29.3 Å². The van der Waals surface area contributed by atoms with E-state index in [4.69, 9.17) is 0 Å². The second kappa shape index (κ2) is 7.14. The minimum absolute atomic E-state index is 0.0804. The molecule has 2 amide bonds. The van der Waals surface area contributed by atoms with Crippen LogP contribution in [0.1, 0.15) is 37.0 Å². The van der Waals surface area contributed by atoms with Crippen molar-refractivity contribution in [2.24, 2.45) is 0 Å². The predicted molar refractivity (Wildman–Crippen MR) is 102 cm³/mol. The van der Waals surface area contributed by atoms with Crippen LogP contribution in [0.15, 0.2) is 48.5 Å². The summed E-state index contributed by atoms with van der Waals surface area (Å²) in [5, 5.41) is 5.49. The standard InChI is InChI=1S/C21H19F3N2O2/c1-20(2)12-19(28)26-17-11-15(8-9-16(17)20)25-18(27)10-5-13-3-6-14(7-4-13)21(22,23)24/h3-11H,12H2,1-2H3,(H,25,27)(H,26,28)/b10-5+. The molecule has 0 atom stereocenters. The van der Waals surface area contributed by atoms with Crippen molar-refractivity contribution in [3.05, 3.63) is 65.2 Å². The van der Waals surface area contributed by atoms with E-state index in [2.05, 4.69) is 10.6 Å². The summed E-state index contributed by atoms with van der Waals surface area (Å²) in [7, 11) is 0. The van der Waals surface area contributed by atoms with Crippen LogP contribution >= 0.6 is 0 Å². The highest BCUT2D eigenvalue weighted by Gasteiger charge is 2.32. The Morgan fingerprint density at radius 1 is 1.14 bits per heavy atom. The van der Waals surface area contributed by atoms with Gasteiger partial charge in [-0.1, -0.05) is 32.0 Å². The minimum atomic E-state index is -4.39. The van der Waals surface area contributed by atoms with E-state index in [0.29, 0.717) is 23.4 Å². The quantitative estimate of drug-likeness (QED) is 0.729. The maximum atomic E-state index is 12.6. The third-order valence-electron chi connectivity index (χ3n) is 4.56. The first kappa shape index (κ1) is 19.7. The van der Waals surface area contributed by atoms with Gasteiger partial charge in [-0.3, -0.25) is 9.59 Å². The van der Waals surface area contributed by atoms with Gasteiger partial charge in [0.2, 0.25) is 11.8 Å². The van der Waals surface area contributed by atoms with Crippen LogP contribution in [-0.2, 0) is 21.2 Å². The summed E-state index contributed by atoms with van der Waals surface area (Å²) >= 11 is 0. The molecular formula is C21H19F3N2O2. The van der Waals surface area contributed by atoms with Crippen molar-refractivity contribution in [2.45, 2.75) is 31.9 Å². The smallest absolute Gasteiger partial charge is 0.326 e. The molecule has 0 radical (unpaired) electrons. The molecule has 2 aromatic rings. The van der Waals surface area contributed by atoms with Crippen LogP contribution in [-0.4, -0.2) is 11.8 Å². The average Bonchev–Trinajstić information content (AvgIpc) is 2.58. The van der Waals surface area contributed by atoms with E-state index in [1.54, 1.807) is 12.1 Å². The van der Waals surface area contributed by atoms with Gasteiger partial charge in [0.15, 0.2) is 0 Å². The summed E-state index contributed by atoms with van der Waals surface area (Å²) in [6, 6.07) is 9.83. The predicted octanol–water partition coefficient (Wildman–Crippen LogP) is 4.98. The van der Waals surface area contributed by atoms with E-state index in [9.17, 15) is 22.8 Å². The third-order valence-corrected chi connectivity index (χ3v) is 4.56. The lowest BCUT2D eigenvalue weighted by Crippen LogP contribution is -2.32. The summed E-state index contributed by atoms with van der Waals surface area (Å²) in [5.41, 5.74) is 1.61. The Labute approximate surface area is 160 Å². The maximum absolute atomic E-state index is 12.6. The summed E-state index contributed by atoms with van der Waals surface area (Å²) in [5.74, 6) is -0.510. The lowest BCUT2D eigenvalue weighted by molar-refractivity contribution is -0.137. The molecular weight excluding hydrogens is 369 g/mol. The molecule has 0 unspecified atom stereocenters. The molecule has 3 rings (SSSR count). The molecule has 0 aliphatic carbocycles. The molecule has 146 valence electrons. The van der Waals surface area contributed by atoms with E-state index in [-0.39, 0.29) is 11.3 Å². The van der Waals surface area contributed by atoms with Gasteiger partial charge < -0.3 is 10.6 Å². The Kier molecular flexibility index (Phi) is 5.02. The molecule has 4 nitrogen and oxygen atoms in total. The largest absolute Gasteiger partial charge is 0.416 e. The number of hydrogen-bond acceptors (Lipinski definition) is 2. The number of rotatable bonds is 3. The first-order valence-electron chi connectivity index (χ1n) is 8.65. The van der Waals surface area contributed by atoms with Crippen LogP contribution in [0.2, 0.25) is 0 Å². The van der Waals surface area contributed by atoms with Crippen molar-refractivity contribution in [1.82, 2.24) is 0 Å². The van der Waals surface area contributed by atoms with Gasteiger partial charge in [-0.15, -0.1) is 0 Å². The lowest BCUT2D eigenvalue weighted by Gasteiger charge is -2.32. The minimum Gasteiger partial charge on any atom is -0.326 e. The molecule has 2 N–H and O–H groups in total. The number of anilines is 2. The van der Waals surface area contributed by atoms with Gasteiger partial charge in [-0.2, -0.15) is 13.2 Å². The fraction of sp³-hybridized carbons (Fsp3) is 0.238. The second-order valence-electron chi connectivity index (χ2n) is 7.31. The normalized spacial score (nSPS) is 15.8. The zero-order chi connectivity index (χ0) is 20.5. The number of benzene rings is 2. The average molecular weight is 388 g/mol. The molecule has 1 heterocycles. The van der Waals surface area contributed by atoms with Gasteiger partial charge >= 0.3 is 6.18 Å². The Morgan fingerprint density at radius 3 is 2.46 bits per heavy atom. The number of alkyl halides is 3. The number of carbonyl (C=O) groups excluding carboxylic acids is 2. The fourth-order valence-electron chi connectivity index (χ4n) is 3.15. The van der Waals surface area contributed by atoms with E-state index < -0.39 is 17.6 Å². The molecule has 28 heavy (non-hydrogen) atoms. The summed E-state index contributed by atoms with van der Waals surface area (Å²) in [6.07, 6.45) is -1.33. The topological polar surface area (TPSA) is 58.2 Å². The molecule has 2 aromatic carbocycles.